The molecule has 1 aliphatic rings. The number of likely N-dealkylation sites (N-methyl/N-ethyl adjacent to an activating group) is 1. The van der Waals surface area contributed by atoms with Gasteiger partial charge in [0.2, 0.25) is 5.91 Å². The first-order valence-corrected chi connectivity index (χ1v) is 7.23. The number of aromatic nitrogens is 2. The lowest BCUT2D eigenvalue weighted by Gasteiger charge is -2.24. The van der Waals surface area contributed by atoms with Gasteiger partial charge in [-0.25, -0.2) is 0 Å². The topological polar surface area (TPSA) is 72.9 Å². The van der Waals surface area contributed by atoms with E-state index < -0.39 is 5.54 Å². The minimum absolute atomic E-state index is 0.211. The van der Waals surface area contributed by atoms with Crippen LogP contribution in [0.3, 0.4) is 0 Å². The predicted molar refractivity (Wildman–Crippen MR) is 81.5 cm³/mol. The van der Waals surface area contributed by atoms with Crippen molar-refractivity contribution in [1.82, 2.24) is 15.1 Å². The maximum Gasteiger partial charge on any atom is 0.237 e. The van der Waals surface area contributed by atoms with Crippen LogP contribution in [0.5, 0.6) is 0 Å². The number of carbonyl (C=O) groups excluding carboxylic acids is 1. The summed E-state index contributed by atoms with van der Waals surface area (Å²) in [5.74, 6) is -0.275. The number of nitrogens with zero attached hydrogens (tertiary/aromatic N) is 2. The van der Waals surface area contributed by atoms with Crippen LogP contribution >= 0.6 is 0 Å². The molecular weight excluding hydrogens is 264 g/mol. The van der Waals surface area contributed by atoms with Gasteiger partial charge in [0.15, 0.2) is 0 Å². The Balaban J connectivity index is 1.81. The summed E-state index contributed by atoms with van der Waals surface area (Å²) >= 11 is 0. The Morgan fingerprint density at radius 2 is 2.14 bits per heavy atom. The van der Waals surface area contributed by atoms with E-state index in [1.165, 1.54) is 0 Å². The fourth-order valence-corrected chi connectivity index (χ4v) is 3.14. The number of nitrogens with two attached hydrogens (primary N) is 1. The molecule has 2 atom stereocenters. The Kier molecular flexibility index (Phi) is 3.51. The fraction of sp³-hybridized carbons (Fsp3) is 0.375. The molecule has 3 rings (SSSR count). The molecule has 3 N–H and O–H groups in total. The van der Waals surface area contributed by atoms with E-state index in [2.05, 4.69) is 22.5 Å². The molecular formula is C16H20N4O. The van der Waals surface area contributed by atoms with Crippen molar-refractivity contribution in [2.24, 2.45) is 5.73 Å². The second-order valence-electron chi connectivity index (χ2n) is 5.67. The van der Waals surface area contributed by atoms with Crippen molar-refractivity contribution in [3.8, 4) is 11.1 Å². The van der Waals surface area contributed by atoms with Crippen LogP contribution in [0.4, 0.5) is 0 Å². The van der Waals surface area contributed by atoms with Crippen molar-refractivity contribution < 1.29 is 4.79 Å². The maximum absolute atomic E-state index is 11.7. The molecule has 1 amide bonds. The minimum atomic E-state index is -0.594. The molecule has 2 aromatic rings. The summed E-state index contributed by atoms with van der Waals surface area (Å²) in [6, 6.07) is 10.4. The summed E-state index contributed by atoms with van der Waals surface area (Å²) < 4.78 is 1.96. The van der Waals surface area contributed by atoms with Crippen molar-refractivity contribution in [2.45, 2.75) is 30.8 Å². The van der Waals surface area contributed by atoms with E-state index in [-0.39, 0.29) is 11.9 Å². The first kappa shape index (κ1) is 13.8. The quantitative estimate of drug-likeness (QED) is 0.898. The van der Waals surface area contributed by atoms with Crippen molar-refractivity contribution >= 4 is 5.91 Å². The van der Waals surface area contributed by atoms with E-state index in [0.717, 1.165) is 24.0 Å². The van der Waals surface area contributed by atoms with Gasteiger partial charge < -0.3 is 11.1 Å². The molecule has 1 aliphatic carbocycles. The van der Waals surface area contributed by atoms with Crippen molar-refractivity contribution in [3.63, 3.8) is 0 Å². The lowest BCUT2D eigenvalue weighted by atomic mass is 9.97. The van der Waals surface area contributed by atoms with Gasteiger partial charge in [-0.15, -0.1) is 0 Å². The molecule has 0 aliphatic heterocycles. The Morgan fingerprint density at radius 1 is 1.38 bits per heavy atom. The molecule has 5 heteroatoms. The smallest absolute Gasteiger partial charge is 0.237 e. The molecule has 0 bridgehead atoms. The SMILES string of the molecule is CNC1(C(N)=O)CCC(n2cc(-c3ccccc3)cn2)C1. The number of rotatable bonds is 4. The Hall–Kier alpha value is -2.14. The normalized spacial score (nSPS) is 25.1. The van der Waals surface area contributed by atoms with E-state index in [1.807, 2.05) is 35.3 Å². The zero-order valence-corrected chi connectivity index (χ0v) is 12.1. The predicted octanol–water partition coefficient (Wildman–Crippen LogP) is 1.72. The third-order valence-corrected chi connectivity index (χ3v) is 4.52. The molecule has 1 aromatic carbocycles. The summed E-state index contributed by atoms with van der Waals surface area (Å²) in [4.78, 5) is 11.7. The van der Waals surface area contributed by atoms with Crippen LogP contribution in [0.1, 0.15) is 25.3 Å². The number of amides is 1. The lowest BCUT2D eigenvalue weighted by Crippen LogP contribution is -2.52. The molecule has 0 saturated heterocycles. The number of benzene rings is 1. The van der Waals surface area contributed by atoms with Crippen molar-refractivity contribution in [2.75, 3.05) is 7.05 Å². The van der Waals surface area contributed by atoms with Crippen LogP contribution in [0, 0.1) is 0 Å². The summed E-state index contributed by atoms with van der Waals surface area (Å²) in [6.07, 6.45) is 6.27. The van der Waals surface area contributed by atoms with E-state index in [9.17, 15) is 4.79 Å². The van der Waals surface area contributed by atoms with Gasteiger partial charge >= 0.3 is 0 Å². The number of hydrogen-bond donors (Lipinski definition) is 2. The van der Waals surface area contributed by atoms with Crippen LogP contribution in [0.25, 0.3) is 11.1 Å². The van der Waals surface area contributed by atoms with E-state index >= 15 is 0 Å². The van der Waals surface area contributed by atoms with Crippen molar-refractivity contribution in [3.05, 3.63) is 42.7 Å². The number of hydrogen-bond acceptors (Lipinski definition) is 3. The molecule has 2 unspecified atom stereocenters. The monoisotopic (exact) mass is 284 g/mol. The molecule has 1 heterocycles. The van der Waals surface area contributed by atoms with Crippen molar-refractivity contribution in [1.29, 1.82) is 0 Å². The molecule has 0 radical (unpaired) electrons. The van der Waals surface area contributed by atoms with Crippen LogP contribution < -0.4 is 11.1 Å². The lowest BCUT2D eigenvalue weighted by molar-refractivity contribution is -0.124. The average molecular weight is 284 g/mol. The Morgan fingerprint density at radius 3 is 2.76 bits per heavy atom. The Bertz CT molecular complexity index is 637. The second kappa shape index (κ2) is 5.33. The van der Waals surface area contributed by atoms with Gasteiger partial charge in [-0.1, -0.05) is 30.3 Å². The highest BCUT2D eigenvalue weighted by molar-refractivity contribution is 5.85. The largest absolute Gasteiger partial charge is 0.368 e. The number of carbonyl (C=O) groups is 1. The number of primary amides is 1. The van der Waals surface area contributed by atoms with Gasteiger partial charge in [0.05, 0.1) is 17.8 Å². The van der Waals surface area contributed by atoms with Gasteiger partial charge in [-0.3, -0.25) is 9.48 Å². The molecule has 5 nitrogen and oxygen atoms in total. The molecule has 1 fully saturated rings. The third kappa shape index (κ3) is 2.45. The van der Waals surface area contributed by atoms with Crippen LogP contribution in [0.2, 0.25) is 0 Å². The summed E-state index contributed by atoms with van der Waals surface area (Å²) in [6.45, 7) is 0. The first-order chi connectivity index (χ1) is 10.1. The van der Waals surface area contributed by atoms with E-state index in [1.54, 1.807) is 7.05 Å². The summed E-state index contributed by atoms with van der Waals surface area (Å²) in [5, 5.41) is 7.57. The molecule has 21 heavy (non-hydrogen) atoms. The van der Waals surface area contributed by atoms with Crippen LogP contribution in [0.15, 0.2) is 42.7 Å². The highest BCUT2D eigenvalue weighted by Crippen LogP contribution is 2.37. The highest BCUT2D eigenvalue weighted by Gasteiger charge is 2.43. The molecule has 1 saturated carbocycles. The highest BCUT2D eigenvalue weighted by atomic mass is 16.1. The van der Waals surface area contributed by atoms with Crippen LogP contribution in [-0.4, -0.2) is 28.3 Å². The van der Waals surface area contributed by atoms with Gasteiger partial charge in [0.25, 0.3) is 0 Å². The number of nitrogens with one attached hydrogen (secondary N) is 1. The third-order valence-electron chi connectivity index (χ3n) is 4.52. The second-order valence-corrected chi connectivity index (χ2v) is 5.67. The fourth-order valence-electron chi connectivity index (χ4n) is 3.14. The average Bonchev–Trinajstić information content (AvgIpc) is 3.15. The molecule has 1 aromatic heterocycles. The van der Waals surface area contributed by atoms with Gasteiger partial charge in [0.1, 0.15) is 0 Å². The van der Waals surface area contributed by atoms with Gasteiger partial charge in [-0.05, 0) is 31.9 Å². The zero-order valence-electron chi connectivity index (χ0n) is 12.1. The summed E-state index contributed by atoms with van der Waals surface area (Å²) in [5.41, 5.74) is 7.20. The zero-order chi connectivity index (χ0) is 14.9. The Labute approximate surface area is 124 Å². The molecule has 0 spiro atoms. The van der Waals surface area contributed by atoms with Gasteiger partial charge in [0, 0.05) is 11.8 Å². The maximum atomic E-state index is 11.7. The standard InChI is InChI=1S/C16H20N4O/c1-18-16(15(17)21)8-7-14(9-16)20-11-13(10-19-20)12-5-3-2-4-6-12/h2-6,10-11,14,18H,7-9H2,1H3,(H2,17,21). The van der Waals surface area contributed by atoms with Gasteiger partial charge in [-0.2, -0.15) is 5.10 Å². The molecule has 110 valence electrons. The van der Waals surface area contributed by atoms with E-state index in [0.29, 0.717) is 6.42 Å². The minimum Gasteiger partial charge on any atom is -0.368 e. The van der Waals surface area contributed by atoms with Crippen LogP contribution in [-0.2, 0) is 4.79 Å². The summed E-state index contributed by atoms with van der Waals surface area (Å²) in [7, 11) is 1.80. The first-order valence-electron chi connectivity index (χ1n) is 7.23. The van der Waals surface area contributed by atoms with E-state index in [4.69, 9.17) is 5.73 Å².